The summed E-state index contributed by atoms with van der Waals surface area (Å²) >= 11 is 0. The minimum Gasteiger partial charge on any atom is -0.497 e. The first-order valence-corrected chi connectivity index (χ1v) is 9.65. The van der Waals surface area contributed by atoms with Crippen LogP contribution in [0.2, 0.25) is 0 Å². The molecular formula is C22H23F2N3O2. The van der Waals surface area contributed by atoms with Crippen molar-refractivity contribution < 1.29 is 18.3 Å². The highest BCUT2D eigenvalue weighted by atomic mass is 19.3. The number of pyridine rings is 1. The van der Waals surface area contributed by atoms with Gasteiger partial charge in [-0.15, -0.1) is 0 Å². The van der Waals surface area contributed by atoms with Crippen molar-refractivity contribution in [3.63, 3.8) is 0 Å². The van der Waals surface area contributed by atoms with E-state index in [9.17, 15) is 13.6 Å². The minimum atomic E-state index is -2.69. The molecule has 0 spiro atoms. The van der Waals surface area contributed by atoms with Crippen LogP contribution in [0.3, 0.4) is 0 Å². The number of benzene rings is 1. The summed E-state index contributed by atoms with van der Waals surface area (Å²) in [5.41, 5.74) is 2.16. The van der Waals surface area contributed by atoms with Gasteiger partial charge in [-0.3, -0.25) is 4.79 Å². The minimum absolute atomic E-state index is 0.158. The Morgan fingerprint density at radius 3 is 2.48 bits per heavy atom. The lowest BCUT2D eigenvalue weighted by Gasteiger charge is -2.34. The maximum absolute atomic E-state index is 13.5. The van der Waals surface area contributed by atoms with E-state index in [0.29, 0.717) is 31.5 Å². The lowest BCUT2D eigenvalue weighted by Crippen LogP contribution is -2.42. The van der Waals surface area contributed by atoms with Crippen LogP contribution in [0.5, 0.6) is 5.75 Å². The van der Waals surface area contributed by atoms with E-state index in [2.05, 4.69) is 4.98 Å². The van der Waals surface area contributed by atoms with Gasteiger partial charge in [0, 0.05) is 42.5 Å². The molecule has 152 valence electrons. The molecule has 0 unspecified atom stereocenters. The van der Waals surface area contributed by atoms with E-state index in [1.165, 1.54) is 0 Å². The third kappa shape index (κ3) is 3.81. The van der Waals surface area contributed by atoms with Crippen molar-refractivity contribution in [3.8, 4) is 11.4 Å². The highest BCUT2D eigenvalue weighted by Gasteiger charge is 2.37. The van der Waals surface area contributed by atoms with Crippen molar-refractivity contribution in [3.05, 3.63) is 54.4 Å². The molecule has 0 bridgehead atoms. The SMILES string of the molecule is COc1ccc(-n2ccc3cc(C(=O)N4CCC(C(C)(F)F)CC4)cnc32)cc1. The number of fused-ring (bicyclic) bond motifs is 1. The topological polar surface area (TPSA) is 47.4 Å². The maximum atomic E-state index is 13.5. The van der Waals surface area contributed by atoms with Gasteiger partial charge < -0.3 is 14.2 Å². The van der Waals surface area contributed by atoms with E-state index in [-0.39, 0.29) is 5.91 Å². The number of halogens is 2. The smallest absolute Gasteiger partial charge is 0.255 e. The average Bonchev–Trinajstić information content (AvgIpc) is 3.16. The Balaban J connectivity index is 1.53. The van der Waals surface area contributed by atoms with Crippen molar-refractivity contribution in [1.82, 2.24) is 14.5 Å². The fraction of sp³-hybridized carbons (Fsp3) is 0.364. The van der Waals surface area contributed by atoms with Gasteiger partial charge in [-0.25, -0.2) is 13.8 Å². The number of nitrogens with zero attached hydrogens (tertiary/aromatic N) is 3. The summed E-state index contributed by atoms with van der Waals surface area (Å²) in [5, 5.41) is 0.849. The number of carbonyl (C=O) groups is 1. The number of ether oxygens (including phenoxy) is 1. The fourth-order valence-electron chi connectivity index (χ4n) is 3.86. The normalized spacial score (nSPS) is 15.7. The molecule has 4 rings (SSSR count). The van der Waals surface area contributed by atoms with Crippen molar-refractivity contribution in [2.75, 3.05) is 20.2 Å². The average molecular weight is 399 g/mol. The second kappa shape index (κ2) is 7.46. The molecule has 1 aromatic carbocycles. The lowest BCUT2D eigenvalue weighted by molar-refractivity contribution is -0.0595. The van der Waals surface area contributed by atoms with Crippen LogP contribution < -0.4 is 4.74 Å². The van der Waals surface area contributed by atoms with Crippen molar-refractivity contribution >= 4 is 16.9 Å². The zero-order chi connectivity index (χ0) is 20.6. The lowest BCUT2D eigenvalue weighted by atomic mass is 9.91. The molecule has 1 saturated heterocycles. The number of hydrogen-bond acceptors (Lipinski definition) is 3. The predicted octanol–water partition coefficient (Wildman–Crippen LogP) is 4.54. The number of amides is 1. The molecule has 0 radical (unpaired) electrons. The summed E-state index contributed by atoms with van der Waals surface area (Å²) in [7, 11) is 1.62. The summed E-state index contributed by atoms with van der Waals surface area (Å²) in [5.74, 6) is -2.74. The van der Waals surface area contributed by atoms with E-state index < -0.39 is 11.8 Å². The van der Waals surface area contributed by atoms with Gasteiger partial charge in [0.25, 0.3) is 5.91 Å². The highest BCUT2D eigenvalue weighted by molar-refractivity contribution is 5.97. The first-order valence-electron chi connectivity index (χ1n) is 9.65. The first-order chi connectivity index (χ1) is 13.9. The van der Waals surface area contributed by atoms with Crippen molar-refractivity contribution in [2.45, 2.75) is 25.7 Å². The number of rotatable bonds is 4. The predicted molar refractivity (Wildman–Crippen MR) is 107 cm³/mol. The number of hydrogen-bond donors (Lipinski definition) is 0. The Bertz CT molecular complexity index is 1020. The molecule has 5 nitrogen and oxygen atoms in total. The van der Waals surface area contributed by atoms with E-state index in [0.717, 1.165) is 29.4 Å². The fourth-order valence-corrected chi connectivity index (χ4v) is 3.86. The van der Waals surface area contributed by atoms with Crippen LogP contribution in [0, 0.1) is 5.92 Å². The molecular weight excluding hydrogens is 376 g/mol. The zero-order valence-corrected chi connectivity index (χ0v) is 16.4. The van der Waals surface area contributed by atoms with Crippen molar-refractivity contribution in [1.29, 1.82) is 0 Å². The second-order valence-electron chi connectivity index (χ2n) is 7.54. The molecule has 2 aromatic heterocycles. The number of alkyl halides is 2. The number of piperidine rings is 1. The van der Waals surface area contributed by atoms with E-state index >= 15 is 0 Å². The Labute approximate surface area is 167 Å². The summed E-state index contributed by atoms with van der Waals surface area (Å²) in [6.07, 6.45) is 4.10. The molecule has 1 aliphatic heterocycles. The highest BCUT2D eigenvalue weighted by Crippen LogP contribution is 2.33. The van der Waals surface area contributed by atoms with Crippen LogP contribution in [0.25, 0.3) is 16.7 Å². The molecule has 1 aliphatic rings. The Morgan fingerprint density at radius 2 is 1.86 bits per heavy atom. The molecule has 29 heavy (non-hydrogen) atoms. The number of aromatic nitrogens is 2. The Morgan fingerprint density at radius 1 is 1.17 bits per heavy atom. The van der Waals surface area contributed by atoms with Gasteiger partial charge in [0.2, 0.25) is 5.92 Å². The van der Waals surface area contributed by atoms with E-state index in [1.807, 2.05) is 47.2 Å². The molecule has 7 heteroatoms. The van der Waals surface area contributed by atoms with Gasteiger partial charge >= 0.3 is 0 Å². The number of carbonyl (C=O) groups excluding carboxylic acids is 1. The van der Waals surface area contributed by atoms with Gasteiger partial charge in [-0.2, -0.15) is 0 Å². The Kier molecular flexibility index (Phi) is 4.98. The van der Waals surface area contributed by atoms with Crippen LogP contribution in [0.4, 0.5) is 8.78 Å². The summed E-state index contributed by atoms with van der Waals surface area (Å²) in [6.45, 7) is 1.65. The summed E-state index contributed by atoms with van der Waals surface area (Å²) in [6, 6.07) is 11.3. The molecule has 1 amide bonds. The molecule has 0 atom stereocenters. The molecule has 0 saturated carbocycles. The van der Waals surface area contributed by atoms with Gasteiger partial charge in [0.15, 0.2) is 0 Å². The standard InChI is InChI=1S/C22H23F2N3O2/c1-22(23,24)17-8-10-26(11-9-17)21(28)16-13-15-7-12-27(20(15)25-14-16)18-3-5-19(29-2)6-4-18/h3-7,12-14,17H,8-11H2,1-2H3. The summed E-state index contributed by atoms with van der Waals surface area (Å²) in [4.78, 5) is 19.0. The molecule has 1 fully saturated rings. The van der Waals surface area contributed by atoms with Crippen LogP contribution in [0.15, 0.2) is 48.8 Å². The van der Waals surface area contributed by atoms with E-state index in [4.69, 9.17) is 4.74 Å². The largest absolute Gasteiger partial charge is 0.497 e. The first kappa shape index (κ1) is 19.4. The Hall–Kier alpha value is -2.96. The third-order valence-corrected chi connectivity index (χ3v) is 5.62. The van der Waals surface area contributed by atoms with Gasteiger partial charge in [-0.1, -0.05) is 0 Å². The quantitative estimate of drug-likeness (QED) is 0.647. The maximum Gasteiger partial charge on any atom is 0.255 e. The van der Waals surface area contributed by atoms with E-state index in [1.54, 1.807) is 18.2 Å². The second-order valence-corrected chi connectivity index (χ2v) is 7.54. The van der Waals surface area contributed by atoms with Gasteiger partial charge in [-0.05, 0) is 56.2 Å². The third-order valence-electron chi connectivity index (χ3n) is 5.62. The van der Waals surface area contributed by atoms with Gasteiger partial charge in [0.05, 0.1) is 12.7 Å². The van der Waals surface area contributed by atoms with Crippen LogP contribution in [0.1, 0.15) is 30.1 Å². The number of methoxy groups -OCH3 is 1. The van der Waals surface area contributed by atoms with Crippen LogP contribution >= 0.6 is 0 Å². The van der Waals surface area contributed by atoms with Crippen LogP contribution in [-0.4, -0.2) is 46.5 Å². The van der Waals surface area contributed by atoms with Gasteiger partial charge in [0.1, 0.15) is 11.4 Å². The molecule has 0 N–H and O–H groups in total. The van der Waals surface area contributed by atoms with Crippen LogP contribution in [-0.2, 0) is 0 Å². The molecule has 3 aromatic rings. The number of likely N-dealkylation sites (tertiary alicyclic amines) is 1. The zero-order valence-electron chi connectivity index (χ0n) is 16.4. The van der Waals surface area contributed by atoms with Crippen molar-refractivity contribution in [2.24, 2.45) is 5.92 Å². The molecule has 3 heterocycles. The molecule has 0 aliphatic carbocycles. The monoisotopic (exact) mass is 399 g/mol. The summed E-state index contributed by atoms with van der Waals surface area (Å²) < 4.78 is 34.1.